The molecule has 1 saturated carbocycles. The fourth-order valence-electron chi connectivity index (χ4n) is 2.68. The van der Waals surface area contributed by atoms with Gasteiger partial charge in [-0.3, -0.25) is 0 Å². The molecule has 1 aromatic heterocycles. The van der Waals surface area contributed by atoms with Gasteiger partial charge in [-0.15, -0.1) is 0 Å². The number of hydrogen-bond donors (Lipinski definition) is 1. The molecule has 0 aliphatic heterocycles. The summed E-state index contributed by atoms with van der Waals surface area (Å²) in [5.41, 5.74) is 1.12. The van der Waals surface area contributed by atoms with Crippen molar-refractivity contribution in [1.82, 2.24) is 9.55 Å². The van der Waals surface area contributed by atoms with E-state index in [1.807, 2.05) is 0 Å². The highest BCUT2D eigenvalue weighted by Crippen LogP contribution is 2.37. The summed E-state index contributed by atoms with van der Waals surface area (Å²) in [5.74, 6) is 1.86. The smallest absolute Gasteiger partial charge is 0.203 e. The first-order valence-electron chi connectivity index (χ1n) is 6.51. The molecule has 90 valence electrons. The quantitative estimate of drug-likeness (QED) is 0.844. The number of rotatable bonds is 4. The van der Waals surface area contributed by atoms with Gasteiger partial charge in [0.05, 0.1) is 5.69 Å². The molecule has 0 aromatic carbocycles. The molecule has 1 heterocycles. The maximum absolute atomic E-state index is 4.58. The maximum Gasteiger partial charge on any atom is 0.203 e. The lowest BCUT2D eigenvalue weighted by atomic mass is 10.1. The van der Waals surface area contributed by atoms with Crippen LogP contribution in [0.1, 0.15) is 51.3 Å². The lowest BCUT2D eigenvalue weighted by Gasteiger charge is -2.20. The highest BCUT2D eigenvalue weighted by Gasteiger charge is 2.26. The Morgan fingerprint density at radius 2 is 2.31 bits per heavy atom. The second-order valence-electron chi connectivity index (χ2n) is 5.02. The molecule has 1 aromatic rings. The summed E-state index contributed by atoms with van der Waals surface area (Å²) in [6.07, 6.45) is 7.36. The van der Waals surface area contributed by atoms with Crippen LogP contribution >= 0.6 is 0 Å². The van der Waals surface area contributed by atoms with Gasteiger partial charge in [-0.25, -0.2) is 4.98 Å². The van der Waals surface area contributed by atoms with E-state index in [4.69, 9.17) is 0 Å². The van der Waals surface area contributed by atoms with Crippen molar-refractivity contribution in [3.63, 3.8) is 0 Å². The summed E-state index contributed by atoms with van der Waals surface area (Å²) >= 11 is 0. The molecule has 3 nitrogen and oxygen atoms in total. The number of imidazole rings is 1. The summed E-state index contributed by atoms with van der Waals surface area (Å²) in [6.45, 7) is 7.63. The zero-order valence-electron chi connectivity index (χ0n) is 10.7. The van der Waals surface area contributed by atoms with E-state index >= 15 is 0 Å². The predicted octanol–water partition coefficient (Wildman–Crippen LogP) is 3.37. The molecule has 0 amide bonds. The zero-order valence-corrected chi connectivity index (χ0v) is 10.7. The Morgan fingerprint density at radius 1 is 1.50 bits per heavy atom. The molecule has 0 bridgehead atoms. The van der Waals surface area contributed by atoms with Gasteiger partial charge in [0, 0.05) is 18.8 Å². The van der Waals surface area contributed by atoms with Crippen LogP contribution in [0.4, 0.5) is 5.95 Å². The van der Waals surface area contributed by atoms with Gasteiger partial charge in [0.25, 0.3) is 0 Å². The van der Waals surface area contributed by atoms with Crippen molar-refractivity contribution in [2.45, 2.75) is 52.5 Å². The molecule has 1 N–H and O–H groups in total. The van der Waals surface area contributed by atoms with Crippen LogP contribution in [0.15, 0.2) is 6.20 Å². The van der Waals surface area contributed by atoms with Gasteiger partial charge in [0.2, 0.25) is 5.95 Å². The molecule has 0 spiro atoms. The number of aromatic nitrogens is 2. The third-order valence-electron chi connectivity index (χ3n) is 3.56. The van der Waals surface area contributed by atoms with Crippen LogP contribution in [0.25, 0.3) is 0 Å². The first-order valence-corrected chi connectivity index (χ1v) is 6.51. The number of anilines is 1. The van der Waals surface area contributed by atoms with Crippen molar-refractivity contribution in [3.05, 3.63) is 11.9 Å². The van der Waals surface area contributed by atoms with Gasteiger partial charge >= 0.3 is 0 Å². The van der Waals surface area contributed by atoms with Gasteiger partial charge in [0.15, 0.2) is 0 Å². The van der Waals surface area contributed by atoms with E-state index in [1.54, 1.807) is 0 Å². The third kappa shape index (κ3) is 2.23. The first-order chi connectivity index (χ1) is 7.72. The normalized spacial score (nSPS) is 24.9. The third-order valence-corrected chi connectivity index (χ3v) is 3.56. The number of hydrogen-bond acceptors (Lipinski definition) is 2. The minimum Gasteiger partial charge on any atom is -0.356 e. The minimum absolute atomic E-state index is 0.653. The van der Waals surface area contributed by atoms with E-state index in [-0.39, 0.29) is 0 Å². The van der Waals surface area contributed by atoms with Crippen LogP contribution in [0.2, 0.25) is 0 Å². The molecule has 3 heteroatoms. The van der Waals surface area contributed by atoms with Crippen LogP contribution in [-0.2, 0) is 0 Å². The monoisotopic (exact) mass is 221 g/mol. The van der Waals surface area contributed by atoms with Crippen molar-refractivity contribution in [2.75, 3.05) is 11.9 Å². The van der Waals surface area contributed by atoms with Crippen molar-refractivity contribution in [3.8, 4) is 0 Å². The van der Waals surface area contributed by atoms with Crippen molar-refractivity contribution >= 4 is 5.95 Å². The zero-order chi connectivity index (χ0) is 11.5. The molecule has 1 fully saturated rings. The van der Waals surface area contributed by atoms with Crippen molar-refractivity contribution < 1.29 is 0 Å². The maximum atomic E-state index is 4.58. The van der Waals surface area contributed by atoms with Crippen molar-refractivity contribution in [1.29, 1.82) is 0 Å². The van der Waals surface area contributed by atoms with E-state index in [9.17, 15) is 0 Å². The number of nitrogens with one attached hydrogen (secondary N) is 1. The van der Waals surface area contributed by atoms with Crippen LogP contribution in [-0.4, -0.2) is 16.1 Å². The SMILES string of the molecule is CCCNc1nc(C)cn1C1CCCC1C. The summed E-state index contributed by atoms with van der Waals surface area (Å²) < 4.78 is 2.36. The molecular formula is C13H23N3. The molecular weight excluding hydrogens is 198 g/mol. The lowest BCUT2D eigenvalue weighted by Crippen LogP contribution is -2.15. The van der Waals surface area contributed by atoms with Gasteiger partial charge in [-0.05, 0) is 32.1 Å². The first kappa shape index (κ1) is 11.5. The second-order valence-corrected chi connectivity index (χ2v) is 5.02. The fraction of sp³-hybridized carbons (Fsp3) is 0.769. The van der Waals surface area contributed by atoms with Crippen LogP contribution in [0.3, 0.4) is 0 Å². The highest BCUT2D eigenvalue weighted by atomic mass is 15.2. The predicted molar refractivity (Wildman–Crippen MR) is 67.8 cm³/mol. The molecule has 16 heavy (non-hydrogen) atoms. The lowest BCUT2D eigenvalue weighted by molar-refractivity contribution is 0.411. The van der Waals surface area contributed by atoms with Crippen LogP contribution in [0, 0.1) is 12.8 Å². The second kappa shape index (κ2) is 4.89. The summed E-state index contributed by atoms with van der Waals surface area (Å²) in [7, 11) is 0. The molecule has 2 rings (SSSR count). The summed E-state index contributed by atoms with van der Waals surface area (Å²) in [5, 5.41) is 3.43. The molecule has 1 aliphatic carbocycles. The largest absolute Gasteiger partial charge is 0.356 e. The Balaban J connectivity index is 2.18. The number of aryl methyl sites for hydroxylation is 1. The molecule has 1 aliphatic rings. The van der Waals surface area contributed by atoms with Crippen LogP contribution in [0.5, 0.6) is 0 Å². The Kier molecular flexibility index (Phi) is 3.52. The van der Waals surface area contributed by atoms with Gasteiger partial charge in [0.1, 0.15) is 0 Å². The van der Waals surface area contributed by atoms with Crippen LogP contribution < -0.4 is 5.32 Å². The van der Waals surface area contributed by atoms with Gasteiger partial charge in [-0.1, -0.05) is 20.3 Å². The van der Waals surface area contributed by atoms with E-state index in [1.165, 1.54) is 19.3 Å². The van der Waals surface area contributed by atoms with E-state index in [0.717, 1.165) is 30.5 Å². The number of nitrogens with zero attached hydrogens (tertiary/aromatic N) is 2. The Labute approximate surface area is 98.3 Å². The molecule has 0 radical (unpaired) electrons. The van der Waals surface area contributed by atoms with Gasteiger partial charge < -0.3 is 9.88 Å². The Bertz CT molecular complexity index is 343. The fourth-order valence-corrected chi connectivity index (χ4v) is 2.68. The topological polar surface area (TPSA) is 29.9 Å². The standard InChI is InChI=1S/C13H23N3/c1-4-8-14-13-15-11(3)9-16(13)12-7-5-6-10(12)2/h9-10,12H,4-8H2,1-3H3,(H,14,15). The van der Waals surface area contributed by atoms with E-state index in [0.29, 0.717) is 6.04 Å². The Morgan fingerprint density at radius 3 is 2.94 bits per heavy atom. The molecule has 2 unspecified atom stereocenters. The average Bonchev–Trinajstić information content (AvgIpc) is 2.81. The van der Waals surface area contributed by atoms with E-state index < -0.39 is 0 Å². The van der Waals surface area contributed by atoms with E-state index in [2.05, 4.69) is 41.8 Å². The molecule has 0 saturated heterocycles. The average molecular weight is 221 g/mol. The highest BCUT2D eigenvalue weighted by molar-refractivity contribution is 5.29. The van der Waals surface area contributed by atoms with Gasteiger partial charge in [-0.2, -0.15) is 0 Å². The molecule has 2 atom stereocenters. The Hall–Kier alpha value is -0.990. The summed E-state index contributed by atoms with van der Waals surface area (Å²) in [6, 6.07) is 0.653. The van der Waals surface area contributed by atoms with Crippen molar-refractivity contribution in [2.24, 2.45) is 5.92 Å². The minimum atomic E-state index is 0.653. The summed E-state index contributed by atoms with van der Waals surface area (Å²) in [4.78, 5) is 4.58.